The second-order valence-corrected chi connectivity index (χ2v) is 8.38. The van der Waals surface area contributed by atoms with Gasteiger partial charge in [0, 0.05) is 7.11 Å². The van der Waals surface area contributed by atoms with E-state index in [1.165, 1.54) is 31.3 Å². The van der Waals surface area contributed by atoms with Gasteiger partial charge in [0.15, 0.2) is 5.78 Å². The Hall–Kier alpha value is -0.670. The number of ether oxygens (including phenoxy) is 1. The summed E-state index contributed by atoms with van der Waals surface area (Å²) in [6.45, 7) is 2.27. The quantitative estimate of drug-likeness (QED) is 0.847. The van der Waals surface area contributed by atoms with Gasteiger partial charge in [0.2, 0.25) is 0 Å². The van der Waals surface area contributed by atoms with E-state index >= 15 is 0 Å². The van der Waals surface area contributed by atoms with Crippen molar-refractivity contribution in [2.75, 3.05) is 7.11 Å². The Bertz CT molecular complexity index is 525. The Morgan fingerprint density at radius 1 is 1.26 bits per heavy atom. The molecule has 3 nitrogen and oxygen atoms in total. The molecule has 0 bridgehead atoms. The molecule has 0 aromatic carbocycles. The van der Waals surface area contributed by atoms with E-state index in [2.05, 4.69) is 6.92 Å². The van der Waals surface area contributed by atoms with E-state index in [1.807, 2.05) is 6.08 Å². The van der Waals surface area contributed by atoms with Gasteiger partial charge < -0.3 is 9.84 Å². The van der Waals surface area contributed by atoms with Crippen LogP contribution >= 0.6 is 0 Å². The summed E-state index contributed by atoms with van der Waals surface area (Å²) in [5.74, 6) is 2.86. The molecule has 3 fully saturated rings. The molecular weight excluding hydrogens is 288 g/mol. The van der Waals surface area contributed by atoms with E-state index in [9.17, 15) is 9.90 Å². The highest BCUT2D eigenvalue weighted by Gasteiger charge is 2.57. The average Bonchev–Trinajstić information content (AvgIpc) is 2.91. The third kappa shape index (κ3) is 2.19. The maximum absolute atomic E-state index is 12.1. The zero-order valence-electron chi connectivity index (χ0n) is 14.5. The smallest absolute Gasteiger partial charge is 0.184 e. The fourth-order valence-electron chi connectivity index (χ4n) is 6.82. The Morgan fingerprint density at radius 2 is 2.09 bits per heavy atom. The van der Waals surface area contributed by atoms with Crippen molar-refractivity contribution in [2.24, 2.45) is 29.1 Å². The lowest BCUT2D eigenvalue weighted by Crippen LogP contribution is -2.49. The third-order valence-corrected chi connectivity index (χ3v) is 7.98. The zero-order valence-corrected chi connectivity index (χ0v) is 14.5. The van der Waals surface area contributed by atoms with Gasteiger partial charge in [-0.2, -0.15) is 0 Å². The fraction of sp³-hybridized carbons (Fsp3) is 0.850. The summed E-state index contributed by atoms with van der Waals surface area (Å²) < 4.78 is 5.44. The highest BCUT2D eigenvalue weighted by atomic mass is 16.5. The van der Waals surface area contributed by atoms with E-state index in [4.69, 9.17) is 4.74 Å². The number of hydrogen-bond acceptors (Lipinski definition) is 3. The SMILES string of the molecule is CC[C@]12CC[C@H]3[C@@H](CCC4=CC(=O)C(OC)C[C@@H]43)[C@@H]1CC[C@@H]2O. The molecule has 0 amide bonds. The van der Waals surface area contributed by atoms with Crippen molar-refractivity contribution in [3.63, 3.8) is 0 Å². The van der Waals surface area contributed by atoms with Gasteiger partial charge in [0.1, 0.15) is 6.10 Å². The number of carbonyl (C=O) groups excluding carboxylic acids is 1. The normalized spacial score (nSPS) is 49.2. The first-order chi connectivity index (χ1) is 11.1. The van der Waals surface area contributed by atoms with Crippen LogP contribution in [-0.4, -0.2) is 30.2 Å². The molecule has 7 atom stereocenters. The summed E-state index contributed by atoms with van der Waals surface area (Å²) >= 11 is 0. The molecule has 0 saturated heterocycles. The molecular formula is C20H30O3. The van der Waals surface area contributed by atoms with Gasteiger partial charge in [0.25, 0.3) is 0 Å². The highest BCUT2D eigenvalue weighted by Crippen LogP contribution is 2.63. The Kier molecular flexibility index (Phi) is 3.92. The molecule has 0 heterocycles. The molecule has 3 saturated carbocycles. The molecule has 4 aliphatic rings. The van der Waals surface area contributed by atoms with Crippen LogP contribution in [0, 0.1) is 29.1 Å². The highest BCUT2D eigenvalue weighted by molar-refractivity contribution is 5.95. The average molecular weight is 318 g/mol. The van der Waals surface area contributed by atoms with E-state index in [-0.39, 0.29) is 23.4 Å². The van der Waals surface area contributed by atoms with Crippen molar-refractivity contribution < 1.29 is 14.6 Å². The van der Waals surface area contributed by atoms with Crippen LogP contribution in [0.4, 0.5) is 0 Å². The summed E-state index contributed by atoms with van der Waals surface area (Å²) in [6, 6.07) is 0. The summed E-state index contributed by atoms with van der Waals surface area (Å²) in [5, 5.41) is 10.6. The Morgan fingerprint density at radius 3 is 2.83 bits per heavy atom. The van der Waals surface area contributed by atoms with Crippen LogP contribution in [0.2, 0.25) is 0 Å². The number of aliphatic hydroxyl groups is 1. The third-order valence-electron chi connectivity index (χ3n) is 7.98. The van der Waals surface area contributed by atoms with E-state index < -0.39 is 0 Å². The molecule has 4 aliphatic carbocycles. The monoisotopic (exact) mass is 318 g/mol. The van der Waals surface area contributed by atoms with Crippen molar-refractivity contribution in [3.8, 4) is 0 Å². The van der Waals surface area contributed by atoms with Gasteiger partial charge in [-0.1, -0.05) is 12.5 Å². The van der Waals surface area contributed by atoms with Crippen molar-refractivity contribution >= 4 is 5.78 Å². The number of rotatable bonds is 2. The van der Waals surface area contributed by atoms with Crippen molar-refractivity contribution in [1.82, 2.24) is 0 Å². The number of methoxy groups -OCH3 is 1. The van der Waals surface area contributed by atoms with Crippen LogP contribution in [0.3, 0.4) is 0 Å². The maximum Gasteiger partial charge on any atom is 0.184 e. The standard InChI is InChI=1S/C20H30O3/c1-3-20-9-8-13-14(16(20)6-7-19(20)22)5-4-12-10-17(21)18(23-2)11-15(12)13/h10,13-16,18-19,22H,3-9,11H2,1-2H3/t13-,14+,15-,16-,18?,19-,20-/m0/s1. The number of hydrogen-bond donors (Lipinski definition) is 1. The number of fused-ring (bicyclic) bond motifs is 5. The summed E-state index contributed by atoms with van der Waals surface area (Å²) in [4.78, 5) is 12.1. The predicted molar refractivity (Wildman–Crippen MR) is 88.9 cm³/mol. The van der Waals surface area contributed by atoms with Crippen LogP contribution in [-0.2, 0) is 9.53 Å². The molecule has 0 aromatic rings. The van der Waals surface area contributed by atoms with Crippen LogP contribution < -0.4 is 0 Å². The van der Waals surface area contributed by atoms with Gasteiger partial charge in [-0.15, -0.1) is 0 Å². The number of allylic oxidation sites excluding steroid dienone is 1. The molecule has 1 N–H and O–H groups in total. The predicted octanol–water partition coefficient (Wildman–Crippen LogP) is 3.50. The van der Waals surface area contributed by atoms with Gasteiger partial charge in [0.05, 0.1) is 6.10 Å². The Labute approximate surface area is 139 Å². The molecule has 0 spiro atoms. The fourth-order valence-corrected chi connectivity index (χ4v) is 6.82. The lowest BCUT2D eigenvalue weighted by atomic mass is 9.51. The number of aliphatic hydroxyl groups excluding tert-OH is 1. The van der Waals surface area contributed by atoms with E-state index in [1.54, 1.807) is 7.11 Å². The summed E-state index contributed by atoms with van der Waals surface area (Å²) in [6.07, 6.45) is 10.5. The molecule has 3 heteroatoms. The molecule has 1 unspecified atom stereocenters. The maximum atomic E-state index is 12.1. The number of ketones is 1. The lowest BCUT2D eigenvalue weighted by molar-refractivity contribution is -0.127. The van der Waals surface area contributed by atoms with Gasteiger partial charge in [-0.25, -0.2) is 0 Å². The minimum atomic E-state index is -0.227. The number of carbonyl (C=O) groups is 1. The van der Waals surface area contributed by atoms with Gasteiger partial charge in [-0.3, -0.25) is 4.79 Å². The van der Waals surface area contributed by atoms with Gasteiger partial charge >= 0.3 is 0 Å². The first kappa shape index (κ1) is 15.8. The zero-order chi connectivity index (χ0) is 16.2. The molecule has 4 rings (SSSR count). The molecule has 0 aromatic heterocycles. The first-order valence-corrected chi connectivity index (χ1v) is 9.56. The second-order valence-electron chi connectivity index (χ2n) is 8.38. The van der Waals surface area contributed by atoms with Crippen molar-refractivity contribution in [2.45, 2.75) is 70.5 Å². The molecule has 23 heavy (non-hydrogen) atoms. The summed E-state index contributed by atoms with van der Waals surface area (Å²) in [7, 11) is 1.66. The lowest BCUT2D eigenvalue weighted by Gasteiger charge is -2.54. The molecule has 0 radical (unpaired) electrons. The van der Waals surface area contributed by atoms with E-state index in [0.717, 1.165) is 31.6 Å². The van der Waals surface area contributed by atoms with E-state index in [0.29, 0.717) is 17.8 Å². The Balaban J connectivity index is 1.62. The minimum absolute atomic E-state index is 0.0879. The molecule has 128 valence electrons. The van der Waals surface area contributed by atoms with Gasteiger partial charge in [-0.05, 0) is 86.5 Å². The van der Waals surface area contributed by atoms with Crippen LogP contribution in [0.1, 0.15) is 58.3 Å². The molecule has 0 aliphatic heterocycles. The topological polar surface area (TPSA) is 46.5 Å². The second kappa shape index (κ2) is 5.70. The van der Waals surface area contributed by atoms with Crippen molar-refractivity contribution in [3.05, 3.63) is 11.6 Å². The van der Waals surface area contributed by atoms with Crippen LogP contribution in [0.25, 0.3) is 0 Å². The van der Waals surface area contributed by atoms with Crippen molar-refractivity contribution in [1.29, 1.82) is 0 Å². The largest absolute Gasteiger partial charge is 0.393 e. The van der Waals surface area contributed by atoms with Crippen LogP contribution in [0.15, 0.2) is 11.6 Å². The van der Waals surface area contributed by atoms with Crippen LogP contribution in [0.5, 0.6) is 0 Å². The summed E-state index contributed by atoms with van der Waals surface area (Å²) in [5.41, 5.74) is 1.58. The first-order valence-electron chi connectivity index (χ1n) is 9.56. The minimum Gasteiger partial charge on any atom is -0.393 e.